The minimum absolute atomic E-state index is 0.0246. The summed E-state index contributed by atoms with van der Waals surface area (Å²) >= 11 is 0. The topological polar surface area (TPSA) is 71.1 Å². The Bertz CT molecular complexity index is 563. The predicted octanol–water partition coefficient (Wildman–Crippen LogP) is 1.74. The molecular formula is C15H18N4O2. The summed E-state index contributed by atoms with van der Waals surface area (Å²) in [6.07, 6.45) is 5.22. The van der Waals surface area contributed by atoms with E-state index in [0.29, 0.717) is 24.1 Å². The van der Waals surface area contributed by atoms with Gasteiger partial charge in [-0.3, -0.25) is 9.89 Å². The molecule has 0 aliphatic carbocycles. The number of nitrogens with one attached hydrogen (secondary N) is 1. The largest absolute Gasteiger partial charge is 0.477 e. The molecule has 0 atom stereocenters. The Kier molecular flexibility index (Phi) is 4.14. The van der Waals surface area contributed by atoms with Crippen molar-refractivity contribution in [2.24, 2.45) is 5.92 Å². The predicted molar refractivity (Wildman–Crippen MR) is 76.9 cm³/mol. The number of carbonyl (C=O) groups excluding carboxylic acids is 1. The molecule has 1 amide bonds. The standard InChI is InChI=1S/C15H18N4O2/c20-15(13-4-8-17-18-13)19-9-5-12(6-10-19)11-21-14-3-1-2-7-16-14/h1-4,7-8,12H,5-6,9-11H2,(H,17,18). The van der Waals surface area contributed by atoms with E-state index in [2.05, 4.69) is 15.2 Å². The van der Waals surface area contributed by atoms with E-state index in [4.69, 9.17) is 4.74 Å². The minimum Gasteiger partial charge on any atom is -0.477 e. The molecule has 0 bridgehead atoms. The van der Waals surface area contributed by atoms with E-state index in [1.54, 1.807) is 18.5 Å². The average molecular weight is 286 g/mol. The first-order valence-electron chi connectivity index (χ1n) is 7.15. The third-order valence-electron chi connectivity index (χ3n) is 3.74. The van der Waals surface area contributed by atoms with Gasteiger partial charge in [0.1, 0.15) is 5.69 Å². The van der Waals surface area contributed by atoms with Crippen molar-refractivity contribution in [2.45, 2.75) is 12.8 Å². The number of likely N-dealkylation sites (tertiary alicyclic amines) is 1. The summed E-state index contributed by atoms with van der Waals surface area (Å²) in [5.41, 5.74) is 0.554. The van der Waals surface area contributed by atoms with Crippen LogP contribution in [0.5, 0.6) is 5.88 Å². The van der Waals surface area contributed by atoms with Crippen molar-refractivity contribution in [2.75, 3.05) is 19.7 Å². The molecule has 0 unspecified atom stereocenters. The van der Waals surface area contributed by atoms with E-state index in [0.717, 1.165) is 25.9 Å². The first-order valence-corrected chi connectivity index (χ1v) is 7.15. The molecule has 2 aromatic rings. The average Bonchev–Trinajstić information content (AvgIpc) is 3.08. The summed E-state index contributed by atoms with van der Waals surface area (Å²) in [5.74, 6) is 1.16. The molecule has 3 heterocycles. The van der Waals surface area contributed by atoms with Gasteiger partial charge in [0.15, 0.2) is 0 Å². The van der Waals surface area contributed by atoms with Gasteiger partial charge in [-0.05, 0) is 30.9 Å². The molecule has 0 aromatic carbocycles. The fraction of sp³-hybridized carbons (Fsp3) is 0.400. The summed E-state index contributed by atoms with van der Waals surface area (Å²) in [6.45, 7) is 2.17. The molecule has 6 nitrogen and oxygen atoms in total. The van der Waals surface area contributed by atoms with Gasteiger partial charge in [-0.25, -0.2) is 4.98 Å². The molecule has 21 heavy (non-hydrogen) atoms. The lowest BCUT2D eigenvalue weighted by Gasteiger charge is -2.31. The third-order valence-corrected chi connectivity index (χ3v) is 3.74. The minimum atomic E-state index is 0.0246. The molecule has 1 aliphatic rings. The Morgan fingerprint density at radius 1 is 1.29 bits per heavy atom. The molecule has 3 rings (SSSR count). The lowest BCUT2D eigenvalue weighted by molar-refractivity contribution is 0.0653. The zero-order chi connectivity index (χ0) is 14.5. The molecule has 0 saturated carbocycles. The number of aromatic amines is 1. The third kappa shape index (κ3) is 3.39. The van der Waals surface area contributed by atoms with E-state index in [1.807, 2.05) is 23.1 Å². The molecule has 2 aromatic heterocycles. The van der Waals surface area contributed by atoms with Crippen molar-refractivity contribution in [1.82, 2.24) is 20.1 Å². The number of piperidine rings is 1. The smallest absolute Gasteiger partial charge is 0.271 e. The fourth-order valence-electron chi connectivity index (χ4n) is 2.48. The van der Waals surface area contributed by atoms with Gasteiger partial charge < -0.3 is 9.64 Å². The van der Waals surface area contributed by atoms with E-state index in [-0.39, 0.29) is 5.91 Å². The van der Waals surface area contributed by atoms with Crippen LogP contribution in [-0.4, -0.2) is 45.7 Å². The second-order valence-corrected chi connectivity index (χ2v) is 5.18. The number of pyridine rings is 1. The lowest BCUT2D eigenvalue weighted by atomic mass is 9.97. The van der Waals surface area contributed by atoms with Crippen LogP contribution in [0, 0.1) is 5.92 Å². The van der Waals surface area contributed by atoms with Crippen molar-refractivity contribution < 1.29 is 9.53 Å². The number of hydrogen-bond acceptors (Lipinski definition) is 4. The van der Waals surface area contributed by atoms with Crippen molar-refractivity contribution >= 4 is 5.91 Å². The second kappa shape index (κ2) is 6.39. The number of H-pyrrole nitrogens is 1. The summed E-state index contributed by atoms with van der Waals surface area (Å²) in [5, 5.41) is 6.53. The number of rotatable bonds is 4. The number of carbonyl (C=O) groups is 1. The van der Waals surface area contributed by atoms with Crippen molar-refractivity contribution in [3.8, 4) is 5.88 Å². The molecule has 1 N–H and O–H groups in total. The maximum Gasteiger partial charge on any atom is 0.271 e. The highest BCUT2D eigenvalue weighted by molar-refractivity contribution is 5.92. The van der Waals surface area contributed by atoms with E-state index < -0.39 is 0 Å². The normalized spacial score (nSPS) is 15.9. The van der Waals surface area contributed by atoms with Crippen molar-refractivity contribution in [3.05, 3.63) is 42.4 Å². The Hall–Kier alpha value is -2.37. The van der Waals surface area contributed by atoms with Gasteiger partial charge in [0.2, 0.25) is 5.88 Å². The fourth-order valence-corrected chi connectivity index (χ4v) is 2.48. The van der Waals surface area contributed by atoms with Crippen LogP contribution in [0.4, 0.5) is 0 Å². The summed E-state index contributed by atoms with van der Waals surface area (Å²) in [6, 6.07) is 7.34. The van der Waals surface area contributed by atoms with Gasteiger partial charge in [0, 0.05) is 31.5 Å². The first kappa shape index (κ1) is 13.6. The molecule has 0 radical (unpaired) electrons. The molecule has 110 valence electrons. The number of aromatic nitrogens is 3. The van der Waals surface area contributed by atoms with Crippen LogP contribution in [0.25, 0.3) is 0 Å². The van der Waals surface area contributed by atoms with Crippen LogP contribution in [0.1, 0.15) is 23.3 Å². The van der Waals surface area contributed by atoms with Gasteiger partial charge in [0.05, 0.1) is 6.61 Å². The van der Waals surface area contributed by atoms with Crippen LogP contribution in [0.2, 0.25) is 0 Å². The lowest BCUT2D eigenvalue weighted by Crippen LogP contribution is -2.39. The van der Waals surface area contributed by atoms with Gasteiger partial charge in [0.25, 0.3) is 5.91 Å². The molecule has 0 spiro atoms. The van der Waals surface area contributed by atoms with Crippen molar-refractivity contribution in [3.63, 3.8) is 0 Å². The zero-order valence-corrected chi connectivity index (χ0v) is 11.7. The molecular weight excluding hydrogens is 268 g/mol. The molecule has 6 heteroatoms. The molecule has 1 fully saturated rings. The molecule has 1 aliphatic heterocycles. The van der Waals surface area contributed by atoms with Gasteiger partial charge in [-0.2, -0.15) is 5.10 Å². The van der Waals surface area contributed by atoms with Crippen LogP contribution in [0.3, 0.4) is 0 Å². The Morgan fingerprint density at radius 2 is 2.14 bits per heavy atom. The van der Waals surface area contributed by atoms with E-state index >= 15 is 0 Å². The summed E-state index contributed by atoms with van der Waals surface area (Å²) < 4.78 is 5.68. The number of amides is 1. The van der Waals surface area contributed by atoms with Crippen molar-refractivity contribution in [1.29, 1.82) is 0 Å². The monoisotopic (exact) mass is 286 g/mol. The van der Waals surface area contributed by atoms with Gasteiger partial charge in [-0.1, -0.05) is 6.07 Å². The second-order valence-electron chi connectivity index (χ2n) is 5.18. The summed E-state index contributed by atoms with van der Waals surface area (Å²) in [7, 11) is 0. The molecule has 1 saturated heterocycles. The Balaban J connectivity index is 1.46. The van der Waals surface area contributed by atoms with Gasteiger partial charge in [-0.15, -0.1) is 0 Å². The van der Waals surface area contributed by atoms with Gasteiger partial charge >= 0.3 is 0 Å². The maximum atomic E-state index is 12.2. The summed E-state index contributed by atoms with van der Waals surface area (Å²) in [4.78, 5) is 18.2. The SMILES string of the molecule is O=C(c1ccn[nH]1)N1CCC(COc2ccccn2)CC1. The van der Waals surface area contributed by atoms with E-state index in [1.165, 1.54) is 0 Å². The van der Waals surface area contributed by atoms with Crippen LogP contribution in [-0.2, 0) is 0 Å². The van der Waals surface area contributed by atoms with Crippen LogP contribution in [0.15, 0.2) is 36.7 Å². The van der Waals surface area contributed by atoms with Crippen LogP contribution >= 0.6 is 0 Å². The highest BCUT2D eigenvalue weighted by Gasteiger charge is 2.24. The number of ether oxygens (including phenoxy) is 1. The van der Waals surface area contributed by atoms with E-state index in [9.17, 15) is 4.79 Å². The highest BCUT2D eigenvalue weighted by Crippen LogP contribution is 2.19. The first-order chi connectivity index (χ1) is 10.3. The zero-order valence-electron chi connectivity index (χ0n) is 11.7. The van der Waals surface area contributed by atoms with Crippen LogP contribution < -0.4 is 4.74 Å². The number of nitrogens with zero attached hydrogens (tertiary/aromatic N) is 3. The maximum absolute atomic E-state index is 12.2. The Labute approximate surface area is 123 Å². The number of hydrogen-bond donors (Lipinski definition) is 1. The highest BCUT2D eigenvalue weighted by atomic mass is 16.5. The quantitative estimate of drug-likeness (QED) is 0.929. The Morgan fingerprint density at radius 3 is 2.81 bits per heavy atom.